The number of ether oxygens (including phenoxy) is 1. The maximum atomic E-state index is 11.7. The van der Waals surface area contributed by atoms with Crippen molar-refractivity contribution in [2.45, 2.75) is 43.6 Å². The van der Waals surface area contributed by atoms with Crippen LogP contribution in [0.2, 0.25) is 6.32 Å². The Morgan fingerprint density at radius 1 is 1.44 bits per heavy atom. The van der Waals surface area contributed by atoms with Crippen LogP contribution in [0.4, 0.5) is 0 Å². The summed E-state index contributed by atoms with van der Waals surface area (Å²) >= 11 is 0. The van der Waals surface area contributed by atoms with Crippen LogP contribution in [-0.4, -0.2) is 59.4 Å². The number of benzene rings is 1. The third-order valence-corrected chi connectivity index (χ3v) is 5.43. The Kier molecular flexibility index (Phi) is 4.13. The Morgan fingerprint density at radius 3 is 2.84 bits per heavy atom. The van der Waals surface area contributed by atoms with Gasteiger partial charge in [-0.3, -0.25) is 4.90 Å². The van der Waals surface area contributed by atoms with E-state index in [1.54, 1.807) is 6.07 Å². The van der Waals surface area contributed by atoms with E-state index in [9.17, 15) is 14.9 Å². The molecule has 0 spiro atoms. The second kappa shape index (κ2) is 6.19. The third kappa shape index (κ3) is 3.21. The SMILES string of the molecule is NC1(CN2CC(Oc3ccc4c(c3C(=O)O)OB(O)CC4)C2)CCC1. The van der Waals surface area contributed by atoms with Crippen LogP contribution in [0.15, 0.2) is 12.1 Å². The highest BCUT2D eigenvalue weighted by Gasteiger charge is 2.39. The fraction of sp³-hybridized carbons (Fsp3) is 0.588. The van der Waals surface area contributed by atoms with Crippen LogP contribution in [0, 0.1) is 0 Å². The van der Waals surface area contributed by atoms with Gasteiger partial charge in [-0.05, 0) is 43.6 Å². The average molecular weight is 346 g/mol. The summed E-state index contributed by atoms with van der Waals surface area (Å²) < 4.78 is 11.3. The van der Waals surface area contributed by atoms with Crippen molar-refractivity contribution in [1.82, 2.24) is 4.90 Å². The molecule has 0 radical (unpaired) electrons. The predicted octanol–water partition coefficient (Wildman–Crippen LogP) is 0.745. The van der Waals surface area contributed by atoms with E-state index < -0.39 is 13.1 Å². The Balaban J connectivity index is 1.44. The van der Waals surface area contributed by atoms with Crippen molar-refractivity contribution in [3.05, 3.63) is 23.3 Å². The van der Waals surface area contributed by atoms with Crippen molar-refractivity contribution in [1.29, 1.82) is 0 Å². The first-order valence-corrected chi connectivity index (χ1v) is 8.85. The summed E-state index contributed by atoms with van der Waals surface area (Å²) in [7, 11) is -0.969. The van der Waals surface area contributed by atoms with E-state index in [2.05, 4.69) is 4.90 Å². The van der Waals surface area contributed by atoms with E-state index >= 15 is 0 Å². The lowest BCUT2D eigenvalue weighted by molar-refractivity contribution is -0.00520. The van der Waals surface area contributed by atoms with Crippen molar-refractivity contribution in [2.75, 3.05) is 19.6 Å². The highest BCUT2D eigenvalue weighted by molar-refractivity contribution is 6.44. The molecular formula is C17H23BN2O5. The van der Waals surface area contributed by atoms with Crippen molar-refractivity contribution in [3.63, 3.8) is 0 Å². The number of rotatable bonds is 5. The summed E-state index contributed by atoms with van der Waals surface area (Å²) in [6, 6.07) is 3.52. The number of carboxylic acids is 1. The minimum Gasteiger partial charge on any atom is -0.535 e. The number of likely N-dealkylation sites (tertiary alicyclic amines) is 1. The zero-order valence-corrected chi connectivity index (χ0v) is 14.1. The molecule has 0 aromatic heterocycles. The van der Waals surface area contributed by atoms with Gasteiger partial charge in [-0.2, -0.15) is 0 Å². The maximum Gasteiger partial charge on any atom is 0.522 e. The third-order valence-electron chi connectivity index (χ3n) is 5.43. The lowest BCUT2D eigenvalue weighted by Gasteiger charge is -2.47. The van der Waals surface area contributed by atoms with Gasteiger partial charge in [0, 0.05) is 25.2 Å². The monoisotopic (exact) mass is 346 g/mol. The highest BCUT2D eigenvalue weighted by Crippen LogP contribution is 2.38. The first kappa shape index (κ1) is 16.7. The Bertz CT molecular complexity index is 688. The molecule has 8 heteroatoms. The number of fused-ring (bicyclic) bond motifs is 1. The fourth-order valence-corrected chi connectivity index (χ4v) is 3.85. The maximum absolute atomic E-state index is 11.7. The van der Waals surface area contributed by atoms with Crippen molar-refractivity contribution >= 4 is 13.1 Å². The molecule has 2 fully saturated rings. The Hall–Kier alpha value is -1.77. The summed E-state index contributed by atoms with van der Waals surface area (Å²) in [5.41, 5.74) is 7.01. The number of nitrogens with two attached hydrogens (primary N) is 1. The van der Waals surface area contributed by atoms with Gasteiger partial charge in [0.2, 0.25) is 0 Å². The Labute approximate surface area is 146 Å². The van der Waals surface area contributed by atoms with Gasteiger partial charge < -0.3 is 25.3 Å². The number of aryl methyl sites for hydroxylation is 1. The molecule has 1 saturated heterocycles. The molecule has 2 aliphatic heterocycles. The van der Waals surface area contributed by atoms with Crippen LogP contribution in [0.3, 0.4) is 0 Å². The molecule has 2 heterocycles. The quantitative estimate of drug-likeness (QED) is 0.676. The van der Waals surface area contributed by atoms with E-state index in [0.29, 0.717) is 18.5 Å². The van der Waals surface area contributed by atoms with Crippen LogP contribution < -0.4 is 15.1 Å². The minimum absolute atomic E-state index is 0.00369. The molecule has 1 saturated carbocycles. The van der Waals surface area contributed by atoms with Gasteiger partial charge in [0.15, 0.2) is 0 Å². The van der Waals surface area contributed by atoms with E-state index in [0.717, 1.165) is 38.0 Å². The van der Waals surface area contributed by atoms with Gasteiger partial charge in [-0.1, -0.05) is 6.07 Å². The molecule has 0 amide bonds. The first-order valence-electron chi connectivity index (χ1n) is 8.85. The summed E-state index contributed by atoms with van der Waals surface area (Å²) in [5, 5.41) is 19.3. The number of aromatic carboxylic acids is 1. The predicted molar refractivity (Wildman–Crippen MR) is 92.1 cm³/mol. The second-order valence-electron chi connectivity index (χ2n) is 7.49. The van der Waals surface area contributed by atoms with Crippen molar-refractivity contribution in [2.24, 2.45) is 5.73 Å². The highest BCUT2D eigenvalue weighted by atomic mass is 16.5. The molecule has 1 aromatic carbocycles. The largest absolute Gasteiger partial charge is 0.535 e. The summed E-state index contributed by atoms with van der Waals surface area (Å²) in [6.07, 6.45) is 4.35. The van der Waals surface area contributed by atoms with E-state index in [-0.39, 0.29) is 23.0 Å². The zero-order chi connectivity index (χ0) is 17.6. The minimum atomic E-state index is -1.10. The van der Waals surface area contributed by atoms with Gasteiger partial charge in [0.25, 0.3) is 0 Å². The molecule has 134 valence electrons. The van der Waals surface area contributed by atoms with Crippen molar-refractivity contribution < 1.29 is 24.3 Å². The lowest BCUT2D eigenvalue weighted by atomic mass is 9.77. The molecule has 7 nitrogen and oxygen atoms in total. The van der Waals surface area contributed by atoms with Crippen LogP contribution in [-0.2, 0) is 6.42 Å². The van der Waals surface area contributed by atoms with Crippen LogP contribution >= 0.6 is 0 Å². The number of hydrogen-bond acceptors (Lipinski definition) is 6. The van der Waals surface area contributed by atoms with E-state index in [1.165, 1.54) is 6.42 Å². The number of carboxylic acid groups (broad SMARTS) is 1. The molecule has 1 aliphatic carbocycles. The van der Waals surface area contributed by atoms with E-state index in [1.807, 2.05) is 6.07 Å². The van der Waals surface area contributed by atoms with Gasteiger partial charge >= 0.3 is 13.1 Å². The number of nitrogens with zero attached hydrogens (tertiary/aromatic N) is 1. The molecule has 0 unspecified atom stereocenters. The standard InChI is InChI=1S/C17H23BN2O5/c19-17(5-1-6-17)10-20-8-12(9-20)24-13-3-2-11-4-7-18(23)25-15(11)14(13)16(21)22/h2-3,12,23H,1,4-10,19H2,(H,21,22). The van der Waals surface area contributed by atoms with Crippen LogP contribution in [0.5, 0.6) is 11.5 Å². The van der Waals surface area contributed by atoms with Gasteiger partial charge in [0.05, 0.1) is 0 Å². The van der Waals surface area contributed by atoms with Crippen molar-refractivity contribution in [3.8, 4) is 11.5 Å². The molecule has 3 aliphatic rings. The Morgan fingerprint density at radius 2 is 2.20 bits per heavy atom. The normalized spacial score (nSPS) is 22.4. The second-order valence-corrected chi connectivity index (χ2v) is 7.49. The number of hydrogen-bond donors (Lipinski definition) is 3. The molecule has 4 rings (SSSR count). The number of carbonyl (C=O) groups is 1. The van der Waals surface area contributed by atoms with Gasteiger partial charge in [-0.25, -0.2) is 4.79 Å². The fourth-order valence-electron chi connectivity index (χ4n) is 3.85. The van der Waals surface area contributed by atoms with Gasteiger partial charge in [0.1, 0.15) is 23.2 Å². The molecule has 1 aromatic rings. The summed E-state index contributed by atoms with van der Waals surface area (Å²) in [5.74, 6) is -0.570. The summed E-state index contributed by atoms with van der Waals surface area (Å²) in [4.78, 5) is 14.0. The average Bonchev–Trinajstić information content (AvgIpc) is 2.50. The van der Waals surface area contributed by atoms with Crippen LogP contribution in [0.1, 0.15) is 35.2 Å². The molecule has 0 bridgehead atoms. The van der Waals surface area contributed by atoms with E-state index in [4.69, 9.17) is 15.1 Å². The lowest BCUT2D eigenvalue weighted by Crippen LogP contribution is -2.62. The van der Waals surface area contributed by atoms with Crippen LogP contribution in [0.25, 0.3) is 0 Å². The molecule has 0 atom stereocenters. The zero-order valence-electron chi connectivity index (χ0n) is 14.1. The molecule has 25 heavy (non-hydrogen) atoms. The topological polar surface area (TPSA) is 105 Å². The van der Waals surface area contributed by atoms with Gasteiger partial charge in [-0.15, -0.1) is 0 Å². The molecular weight excluding hydrogens is 323 g/mol. The summed E-state index contributed by atoms with van der Waals surface area (Å²) in [6.45, 7) is 2.37. The smallest absolute Gasteiger partial charge is 0.522 e. The molecule has 4 N–H and O–H groups in total. The first-order chi connectivity index (χ1) is 11.9.